The Morgan fingerprint density at radius 1 is 1.44 bits per heavy atom. The molecule has 0 unspecified atom stereocenters. The number of hydroxylamine groups is 1. The maximum Gasteiger partial charge on any atom is 0.139 e. The van der Waals surface area contributed by atoms with E-state index in [-0.39, 0.29) is 0 Å². The third kappa shape index (κ3) is 1.93. The van der Waals surface area contributed by atoms with E-state index in [1.54, 1.807) is 7.11 Å². The van der Waals surface area contributed by atoms with Crippen LogP contribution in [-0.2, 0) is 4.74 Å². The Morgan fingerprint density at radius 2 is 1.89 bits per heavy atom. The first-order valence-corrected chi connectivity index (χ1v) is 3.21. The number of nitrogens with one attached hydrogen (secondary N) is 1. The van der Waals surface area contributed by atoms with E-state index >= 15 is 0 Å². The van der Waals surface area contributed by atoms with Gasteiger partial charge in [0.1, 0.15) is 5.72 Å². The lowest BCUT2D eigenvalue weighted by atomic mass is 10.1. The minimum absolute atomic E-state index is 0.528. The summed E-state index contributed by atoms with van der Waals surface area (Å²) in [6.45, 7) is 3.91. The fourth-order valence-corrected chi connectivity index (χ4v) is 0.742. The molecule has 0 saturated carbocycles. The summed E-state index contributed by atoms with van der Waals surface area (Å²) in [7, 11) is 1.58. The first-order valence-electron chi connectivity index (χ1n) is 3.21. The van der Waals surface area contributed by atoms with Gasteiger partial charge in [-0.1, -0.05) is 13.8 Å². The predicted molar refractivity (Wildman–Crippen MR) is 35.2 cm³/mol. The molecule has 3 nitrogen and oxygen atoms in total. The molecule has 3 heteroatoms. The average molecular weight is 133 g/mol. The van der Waals surface area contributed by atoms with E-state index in [9.17, 15) is 0 Å². The molecule has 0 heterocycles. The molecule has 2 N–H and O–H groups in total. The summed E-state index contributed by atoms with van der Waals surface area (Å²) < 4.78 is 5.02. The Bertz CT molecular complexity index is 53.9. The van der Waals surface area contributed by atoms with Crippen LogP contribution in [0.25, 0.3) is 0 Å². The van der Waals surface area contributed by atoms with Crippen LogP contribution in [0.2, 0.25) is 0 Å². The van der Waals surface area contributed by atoms with Crippen LogP contribution < -0.4 is 5.48 Å². The fraction of sp³-hybridized carbons (Fsp3) is 1.00. The highest BCUT2D eigenvalue weighted by atomic mass is 16.6. The Balaban J connectivity index is 3.82. The normalized spacial score (nSPS) is 12.0. The summed E-state index contributed by atoms with van der Waals surface area (Å²) in [4.78, 5) is 0. The van der Waals surface area contributed by atoms with Crippen molar-refractivity contribution in [1.29, 1.82) is 0 Å². The summed E-state index contributed by atoms with van der Waals surface area (Å²) in [5.41, 5.74) is 1.61. The van der Waals surface area contributed by atoms with E-state index in [1.807, 2.05) is 13.8 Å². The highest BCUT2D eigenvalue weighted by Crippen LogP contribution is 2.13. The van der Waals surface area contributed by atoms with E-state index < -0.39 is 5.72 Å². The molecule has 0 aliphatic carbocycles. The van der Waals surface area contributed by atoms with Crippen LogP contribution in [0.5, 0.6) is 0 Å². The number of methoxy groups -OCH3 is 1. The third-order valence-electron chi connectivity index (χ3n) is 1.74. The van der Waals surface area contributed by atoms with Gasteiger partial charge in [0.25, 0.3) is 0 Å². The summed E-state index contributed by atoms with van der Waals surface area (Å²) >= 11 is 0. The first kappa shape index (κ1) is 8.88. The average Bonchev–Trinajstić information content (AvgIpc) is 1.95. The summed E-state index contributed by atoms with van der Waals surface area (Å²) in [6, 6.07) is 0. The van der Waals surface area contributed by atoms with Crippen LogP contribution in [0.15, 0.2) is 0 Å². The molecular formula is C6H15NO2. The Kier molecular flexibility index (Phi) is 3.77. The lowest BCUT2D eigenvalue weighted by Crippen LogP contribution is -2.43. The van der Waals surface area contributed by atoms with Crippen molar-refractivity contribution in [2.75, 3.05) is 7.11 Å². The summed E-state index contributed by atoms with van der Waals surface area (Å²) in [5, 5.41) is 8.60. The van der Waals surface area contributed by atoms with Gasteiger partial charge in [0.05, 0.1) is 0 Å². The van der Waals surface area contributed by atoms with E-state index in [1.165, 1.54) is 0 Å². The molecular weight excluding hydrogens is 118 g/mol. The molecule has 0 aromatic rings. The molecule has 0 atom stereocenters. The number of hydrogen-bond acceptors (Lipinski definition) is 3. The minimum Gasteiger partial charge on any atom is -0.362 e. The van der Waals surface area contributed by atoms with Gasteiger partial charge in [-0.2, -0.15) is 5.48 Å². The zero-order chi connectivity index (χ0) is 7.33. The summed E-state index contributed by atoms with van der Waals surface area (Å²) in [6.07, 6.45) is 1.52. The first-order chi connectivity index (χ1) is 4.24. The molecule has 0 aliphatic rings. The number of rotatable bonds is 4. The fourth-order valence-electron chi connectivity index (χ4n) is 0.742. The van der Waals surface area contributed by atoms with Gasteiger partial charge in [-0.05, 0) is 12.8 Å². The zero-order valence-corrected chi connectivity index (χ0v) is 6.27. The van der Waals surface area contributed by atoms with Gasteiger partial charge in [0.2, 0.25) is 0 Å². The van der Waals surface area contributed by atoms with Crippen molar-refractivity contribution in [2.24, 2.45) is 0 Å². The van der Waals surface area contributed by atoms with Crippen LogP contribution in [0.1, 0.15) is 26.7 Å². The van der Waals surface area contributed by atoms with E-state index in [0.29, 0.717) is 0 Å². The SMILES string of the molecule is CCC(CC)(NO)OC. The lowest BCUT2D eigenvalue weighted by Gasteiger charge is -2.27. The predicted octanol–water partition coefficient (Wildman–Crippen LogP) is 1.13. The summed E-state index contributed by atoms with van der Waals surface area (Å²) in [5.74, 6) is 0. The second-order valence-electron chi connectivity index (χ2n) is 2.02. The Hall–Kier alpha value is -0.120. The van der Waals surface area contributed by atoms with Crippen molar-refractivity contribution in [1.82, 2.24) is 5.48 Å². The van der Waals surface area contributed by atoms with Gasteiger partial charge >= 0.3 is 0 Å². The Labute approximate surface area is 56.0 Å². The second-order valence-corrected chi connectivity index (χ2v) is 2.02. The molecule has 0 spiro atoms. The van der Waals surface area contributed by atoms with Crippen LogP contribution in [0.4, 0.5) is 0 Å². The number of hydrogen-bond donors (Lipinski definition) is 2. The van der Waals surface area contributed by atoms with Crippen molar-refractivity contribution >= 4 is 0 Å². The zero-order valence-electron chi connectivity index (χ0n) is 6.27. The monoisotopic (exact) mass is 133 g/mol. The Morgan fingerprint density at radius 3 is 1.89 bits per heavy atom. The van der Waals surface area contributed by atoms with E-state index in [0.717, 1.165) is 12.8 Å². The van der Waals surface area contributed by atoms with Crippen molar-refractivity contribution in [3.63, 3.8) is 0 Å². The van der Waals surface area contributed by atoms with Crippen LogP contribution >= 0.6 is 0 Å². The molecule has 0 rings (SSSR count). The second kappa shape index (κ2) is 3.82. The van der Waals surface area contributed by atoms with Crippen molar-refractivity contribution < 1.29 is 9.94 Å². The van der Waals surface area contributed by atoms with Gasteiger partial charge in [-0.15, -0.1) is 0 Å². The van der Waals surface area contributed by atoms with Gasteiger partial charge in [0, 0.05) is 7.11 Å². The van der Waals surface area contributed by atoms with Gasteiger partial charge in [-0.3, -0.25) is 0 Å². The highest BCUT2D eigenvalue weighted by molar-refractivity contribution is 4.68. The molecule has 0 aliphatic heterocycles. The maximum atomic E-state index is 8.60. The molecule has 0 radical (unpaired) electrons. The largest absolute Gasteiger partial charge is 0.362 e. The van der Waals surface area contributed by atoms with Gasteiger partial charge in [-0.25, -0.2) is 0 Å². The van der Waals surface area contributed by atoms with Crippen molar-refractivity contribution in [2.45, 2.75) is 32.4 Å². The highest BCUT2D eigenvalue weighted by Gasteiger charge is 2.23. The maximum absolute atomic E-state index is 8.60. The molecule has 0 amide bonds. The van der Waals surface area contributed by atoms with Gasteiger partial charge < -0.3 is 9.94 Å². The quantitative estimate of drug-likeness (QED) is 0.446. The number of ether oxygens (including phenoxy) is 1. The van der Waals surface area contributed by atoms with Gasteiger partial charge in [0.15, 0.2) is 0 Å². The molecule has 56 valence electrons. The minimum atomic E-state index is -0.528. The van der Waals surface area contributed by atoms with Crippen molar-refractivity contribution in [3.05, 3.63) is 0 Å². The van der Waals surface area contributed by atoms with Crippen LogP contribution in [0, 0.1) is 0 Å². The molecule has 0 saturated heterocycles. The van der Waals surface area contributed by atoms with Crippen LogP contribution in [-0.4, -0.2) is 18.0 Å². The molecule has 0 fully saturated rings. The topological polar surface area (TPSA) is 41.5 Å². The standard InChI is InChI=1S/C6H15NO2/c1-4-6(5-2,7-8)9-3/h7-8H,4-5H2,1-3H3. The van der Waals surface area contributed by atoms with E-state index in [2.05, 4.69) is 5.48 Å². The smallest absolute Gasteiger partial charge is 0.139 e. The molecule has 0 bridgehead atoms. The van der Waals surface area contributed by atoms with Crippen molar-refractivity contribution in [3.8, 4) is 0 Å². The van der Waals surface area contributed by atoms with Crippen LogP contribution in [0.3, 0.4) is 0 Å². The molecule has 9 heavy (non-hydrogen) atoms. The van der Waals surface area contributed by atoms with E-state index in [4.69, 9.17) is 9.94 Å². The lowest BCUT2D eigenvalue weighted by molar-refractivity contribution is -0.123. The molecule has 0 aromatic heterocycles. The molecule has 0 aromatic carbocycles. The third-order valence-corrected chi connectivity index (χ3v) is 1.74.